The highest BCUT2D eigenvalue weighted by molar-refractivity contribution is 5.97. The van der Waals surface area contributed by atoms with Crippen LogP contribution in [0.4, 0.5) is 14.4 Å². The Balaban J connectivity index is 0.000000190. The van der Waals surface area contributed by atoms with Gasteiger partial charge in [-0.05, 0) is 25.7 Å². The van der Waals surface area contributed by atoms with Gasteiger partial charge in [-0.3, -0.25) is 23.5 Å². The van der Waals surface area contributed by atoms with Gasteiger partial charge in [-0.25, -0.2) is 29.1 Å². The van der Waals surface area contributed by atoms with Gasteiger partial charge in [0.2, 0.25) is 0 Å². The van der Waals surface area contributed by atoms with Crippen molar-refractivity contribution < 1.29 is 28.5 Å². The second-order valence-electron chi connectivity index (χ2n) is 13.8. The zero-order valence-corrected chi connectivity index (χ0v) is 31.7. The predicted molar refractivity (Wildman–Crippen MR) is 207 cm³/mol. The molecule has 3 N–H and O–H groups in total. The molecule has 2 aromatic carbocycles. The van der Waals surface area contributed by atoms with E-state index in [1.165, 1.54) is 61.1 Å². The van der Waals surface area contributed by atoms with Crippen LogP contribution in [0.3, 0.4) is 0 Å². The quantitative estimate of drug-likeness (QED) is 0.0616. The van der Waals surface area contributed by atoms with Gasteiger partial charge in [0.05, 0.1) is 18.5 Å². The van der Waals surface area contributed by atoms with E-state index in [2.05, 4.69) is 39.4 Å². The van der Waals surface area contributed by atoms with Crippen molar-refractivity contribution in [1.29, 1.82) is 0 Å². The average molecular weight is 767 g/mol. The smallest absolute Gasteiger partial charge is 0.436 e. The Morgan fingerprint density at radius 2 is 1.23 bits per heavy atom. The number of rotatable bonds is 7. The van der Waals surface area contributed by atoms with Crippen LogP contribution in [0.2, 0.25) is 0 Å². The van der Waals surface area contributed by atoms with Crippen molar-refractivity contribution >= 4 is 24.1 Å². The van der Waals surface area contributed by atoms with Crippen LogP contribution in [-0.4, -0.2) is 96.4 Å². The number of benzene rings is 2. The minimum atomic E-state index is -0.946. The first-order valence-corrected chi connectivity index (χ1v) is 18.6. The highest BCUT2D eigenvalue weighted by atomic mass is 16.8. The fourth-order valence-electron chi connectivity index (χ4n) is 6.91. The zero-order valence-electron chi connectivity index (χ0n) is 31.7. The van der Waals surface area contributed by atoms with Crippen molar-refractivity contribution in [3.63, 3.8) is 0 Å². The van der Waals surface area contributed by atoms with Gasteiger partial charge >= 0.3 is 24.0 Å². The number of amides is 2. The standard InChI is InChI=1S/C20H25N5O4.C19H21N5O3/c1-24(16-6-4-3-5-7-16)19(26)25-12-17(22-13-25)14-8-10-15(11-9-14)18(21)23-29-20(27)28-2;1-23(15-5-3-2-4-6-15)19(26)24-11-16(20-12-24)13-7-9-14(10-8-13)17-21-18(25)27-22-17/h8-13,16H,3-7H2,1-2H3,(H2,21,23);7-12,15H,2-6H2,1H3,(H,21,22,25). The fraction of sp³-hybridized carbons (Fsp3) is 0.385. The SMILES string of the molecule is CN(C(=O)n1cnc(-c2ccc(-c3noc(=O)[nH]3)cc2)c1)C1CCCCC1.COC(=O)O/N=C(\N)c1ccc(-c2cn(C(=O)N(C)C3CCCCC3)cn2)cc1. The number of imidazole rings is 2. The van der Waals surface area contributed by atoms with Crippen LogP contribution in [0.25, 0.3) is 33.9 Å². The molecule has 0 radical (unpaired) electrons. The summed E-state index contributed by atoms with van der Waals surface area (Å²) < 4.78 is 11.9. The first-order chi connectivity index (χ1) is 27.1. The van der Waals surface area contributed by atoms with Crippen LogP contribution in [-0.2, 0) is 9.57 Å². The largest absolute Gasteiger partial charge is 0.534 e. The molecule has 3 heterocycles. The predicted octanol–water partition coefficient (Wildman–Crippen LogP) is 6.31. The highest BCUT2D eigenvalue weighted by Gasteiger charge is 2.25. The topological polar surface area (TPSA) is 209 Å². The van der Waals surface area contributed by atoms with Gasteiger partial charge in [-0.15, -0.1) is 0 Å². The third-order valence-corrected chi connectivity index (χ3v) is 10.2. The molecule has 17 nitrogen and oxygen atoms in total. The van der Waals surface area contributed by atoms with Gasteiger partial charge < -0.3 is 20.3 Å². The summed E-state index contributed by atoms with van der Waals surface area (Å²) in [5, 5.41) is 7.18. The van der Waals surface area contributed by atoms with Crippen LogP contribution in [0.15, 0.2) is 88.1 Å². The lowest BCUT2D eigenvalue weighted by molar-refractivity contribution is 0.0753. The molecule has 2 amide bonds. The number of amidine groups is 1. The molecule has 3 aromatic heterocycles. The summed E-state index contributed by atoms with van der Waals surface area (Å²) in [6, 6.07) is 14.9. The number of nitrogens with zero attached hydrogens (tertiary/aromatic N) is 8. The molecule has 0 unspecified atom stereocenters. The molecule has 0 bridgehead atoms. The van der Waals surface area contributed by atoms with Crippen LogP contribution in [0.1, 0.15) is 69.8 Å². The Morgan fingerprint density at radius 3 is 1.68 bits per heavy atom. The van der Waals surface area contributed by atoms with Crippen molar-refractivity contribution in [3.8, 4) is 33.9 Å². The van der Waals surface area contributed by atoms with Crippen molar-refractivity contribution in [2.24, 2.45) is 10.9 Å². The summed E-state index contributed by atoms with van der Waals surface area (Å²) in [7, 11) is 4.90. The molecule has 294 valence electrons. The minimum Gasteiger partial charge on any atom is -0.436 e. The number of carbonyl (C=O) groups is 3. The van der Waals surface area contributed by atoms with E-state index < -0.39 is 11.9 Å². The number of aromatic amines is 1. The number of hydrogen-bond acceptors (Lipinski definition) is 11. The molecule has 56 heavy (non-hydrogen) atoms. The van der Waals surface area contributed by atoms with E-state index in [1.54, 1.807) is 43.0 Å². The molecule has 17 heteroatoms. The summed E-state index contributed by atoms with van der Waals surface area (Å²) >= 11 is 0. The molecule has 0 aliphatic heterocycles. The van der Waals surface area contributed by atoms with Crippen molar-refractivity contribution in [2.45, 2.75) is 76.3 Å². The summed E-state index contributed by atoms with van der Waals surface area (Å²) in [4.78, 5) is 66.8. The Labute approximate surface area is 323 Å². The molecular weight excluding hydrogens is 720 g/mol. The number of H-pyrrole nitrogens is 1. The van der Waals surface area contributed by atoms with Gasteiger partial charge in [0, 0.05) is 60.8 Å². The Morgan fingerprint density at radius 1 is 0.768 bits per heavy atom. The second kappa shape index (κ2) is 18.2. The third kappa shape index (κ3) is 9.58. The summed E-state index contributed by atoms with van der Waals surface area (Å²) in [5.41, 5.74) is 10.2. The molecular formula is C39H46N10O7. The van der Waals surface area contributed by atoms with E-state index in [0.717, 1.165) is 42.4 Å². The Kier molecular flexibility index (Phi) is 12.7. The lowest BCUT2D eigenvalue weighted by Gasteiger charge is -2.31. The van der Waals surface area contributed by atoms with E-state index >= 15 is 0 Å². The molecule has 2 fully saturated rings. The zero-order chi connectivity index (χ0) is 39.6. The number of aromatic nitrogens is 6. The number of hydrogen-bond donors (Lipinski definition) is 2. The molecule has 5 aromatic rings. The maximum absolute atomic E-state index is 12.7. The van der Waals surface area contributed by atoms with Crippen LogP contribution < -0.4 is 11.5 Å². The van der Waals surface area contributed by atoms with Gasteiger partial charge in [0.15, 0.2) is 11.7 Å². The molecule has 0 spiro atoms. The van der Waals surface area contributed by atoms with E-state index in [1.807, 2.05) is 48.2 Å². The van der Waals surface area contributed by atoms with E-state index in [-0.39, 0.29) is 23.9 Å². The number of nitrogens with one attached hydrogen (secondary N) is 1. The van der Waals surface area contributed by atoms with Crippen LogP contribution in [0, 0.1) is 0 Å². The van der Waals surface area contributed by atoms with E-state index in [4.69, 9.17) is 5.73 Å². The number of methoxy groups -OCH3 is 1. The van der Waals surface area contributed by atoms with Crippen molar-refractivity contribution in [3.05, 3.63) is 89.7 Å². The van der Waals surface area contributed by atoms with Crippen LogP contribution in [0.5, 0.6) is 0 Å². The normalized spacial score (nSPS) is 15.0. The molecule has 0 atom stereocenters. The molecule has 2 aliphatic rings. The van der Waals surface area contributed by atoms with Crippen LogP contribution >= 0.6 is 0 Å². The summed E-state index contributed by atoms with van der Waals surface area (Å²) in [6.07, 6.45) is 17.0. The van der Waals surface area contributed by atoms with Gasteiger partial charge in [-0.1, -0.05) is 97.4 Å². The Bertz CT molecular complexity index is 2170. The van der Waals surface area contributed by atoms with Crippen molar-refractivity contribution in [2.75, 3.05) is 21.2 Å². The number of carbonyl (C=O) groups excluding carboxylic acids is 3. The van der Waals surface area contributed by atoms with Crippen molar-refractivity contribution in [1.82, 2.24) is 39.0 Å². The molecule has 0 saturated heterocycles. The highest BCUT2D eigenvalue weighted by Crippen LogP contribution is 2.25. The van der Waals surface area contributed by atoms with Gasteiger partial charge in [0.25, 0.3) is 0 Å². The Hall–Kier alpha value is -6.52. The average Bonchev–Trinajstić information content (AvgIpc) is 4.05. The number of oxime groups is 1. The molecule has 7 rings (SSSR count). The van der Waals surface area contributed by atoms with Gasteiger partial charge in [-0.2, -0.15) is 0 Å². The third-order valence-electron chi connectivity index (χ3n) is 10.2. The monoisotopic (exact) mass is 766 g/mol. The summed E-state index contributed by atoms with van der Waals surface area (Å²) in [6.45, 7) is 0. The lowest BCUT2D eigenvalue weighted by atomic mass is 9.95. The van der Waals surface area contributed by atoms with E-state index in [0.29, 0.717) is 28.8 Å². The maximum atomic E-state index is 12.7. The fourth-order valence-corrected chi connectivity index (χ4v) is 6.91. The first-order valence-electron chi connectivity index (χ1n) is 18.6. The number of ether oxygens (including phenoxy) is 1. The lowest BCUT2D eigenvalue weighted by Crippen LogP contribution is -2.40. The molecule has 2 aliphatic carbocycles. The molecule has 2 saturated carbocycles. The first kappa shape index (κ1) is 39.2. The number of nitrogens with two attached hydrogens (primary N) is 1. The maximum Gasteiger partial charge on any atom is 0.534 e. The summed E-state index contributed by atoms with van der Waals surface area (Å²) in [5.74, 6) is -0.174. The minimum absolute atomic E-state index is 0.0387. The van der Waals surface area contributed by atoms with E-state index in [9.17, 15) is 19.2 Å². The second-order valence-corrected chi connectivity index (χ2v) is 13.8. The van der Waals surface area contributed by atoms with Gasteiger partial charge in [0.1, 0.15) is 12.7 Å².